The van der Waals surface area contributed by atoms with Gasteiger partial charge in [0.15, 0.2) is 0 Å². The van der Waals surface area contributed by atoms with Crippen molar-refractivity contribution in [2.75, 3.05) is 25.5 Å². The summed E-state index contributed by atoms with van der Waals surface area (Å²) in [6.07, 6.45) is 0.908. The quantitative estimate of drug-likeness (QED) is 0.340. The van der Waals surface area contributed by atoms with Gasteiger partial charge in [0.25, 0.3) is 0 Å². The van der Waals surface area contributed by atoms with Crippen LogP contribution in [0.3, 0.4) is 0 Å². The van der Waals surface area contributed by atoms with Gasteiger partial charge in [-0.25, -0.2) is 0 Å². The zero-order valence-corrected chi connectivity index (χ0v) is 19.7. The van der Waals surface area contributed by atoms with E-state index in [0.717, 1.165) is 10.8 Å². The Morgan fingerprint density at radius 2 is 2.03 bits per heavy atom. The number of benzene rings is 2. The van der Waals surface area contributed by atoms with Crippen LogP contribution in [0.2, 0.25) is 5.02 Å². The summed E-state index contributed by atoms with van der Waals surface area (Å²) in [6, 6.07) is 12.5. The van der Waals surface area contributed by atoms with E-state index in [1.54, 1.807) is 18.3 Å². The monoisotopic (exact) mass is 496 g/mol. The van der Waals surface area contributed by atoms with E-state index in [-0.39, 0.29) is 24.7 Å². The van der Waals surface area contributed by atoms with E-state index in [2.05, 4.69) is 32.2 Å². The van der Waals surface area contributed by atoms with Crippen LogP contribution in [-0.2, 0) is 11.3 Å². The van der Waals surface area contributed by atoms with E-state index in [1.807, 2.05) is 24.3 Å². The van der Waals surface area contributed by atoms with Crippen LogP contribution in [-0.4, -0.2) is 61.8 Å². The van der Waals surface area contributed by atoms with Crippen molar-refractivity contribution in [3.8, 4) is 0 Å². The molecular weight excluding hydrogens is 474 g/mol. The number of hydrogen-bond acceptors (Lipinski definition) is 6. The first kappa shape index (κ1) is 25.8. The molecule has 0 saturated heterocycles. The van der Waals surface area contributed by atoms with Crippen molar-refractivity contribution in [1.29, 1.82) is 0 Å². The van der Waals surface area contributed by atoms with Crippen LogP contribution >= 0.6 is 11.6 Å². The second-order valence-corrected chi connectivity index (χ2v) is 7.78. The summed E-state index contributed by atoms with van der Waals surface area (Å²) in [5.41, 5.74) is 0.426. The van der Waals surface area contributed by atoms with E-state index >= 15 is 0 Å². The first-order valence-electron chi connectivity index (χ1n) is 10.6. The topological polar surface area (TPSA) is 108 Å². The van der Waals surface area contributed by atoms with E-state index in [1.165, 1.54) is 31.1 Å². The number of nitrogens with zero attached hydrogens (tertiary/aromatic N) is 4. The standard InChI is InChI=1S/C23H23BClFN6O3/c1-24-31-29-13-18(32(2)22(33)28-12-17-8-5-9-19(26)21(17)25)14-35-23(34)30-20-10-15-6-3-4-7-16(15)11-27-20/h3-11,18H,1,12-14H2,2H3,(H,28,33)(H,27,30,34)/t18-/m0/s1. The van der Waals surface area contributed by atoms with E-state index in [9.17, 15) is 14.0 Å². The first-order chi connectivity index (χ1) is 16.9. The molecule has 3 aromatic rings. The second-order valence-electron chi connectivity index (χ2n) is 7.40. The van der Waals surface area contributed by atoms with Gasteiger partial charge < -0.3 is 0 Å². The molecule has 0 aliphatic heterocycles. The molecule has 3 amide bonds. The molecular formula is C23H23BClFN6O3. The molecule has 0 radical (unpaired) electrons. The summed E-state index contributed by atoms with van der Waals surface area (Å²) >= 11 is 5.94. The number of rotatable bonds is 9. The number of aromatic nitrogens is 1. The molecule has 12 heteroatoms. The Labute approximate surface area is 207 Å². The van der Waals surface area contributed by atoms with Crippen molar-refractivity contribution < 1.29 is 18.7 Å². The van der Waals surface area contributed by atoms with Crippen molar-refractivity contribution in [2.45, 2.75) is 12.6 Å². The van der Waals surface area contributed by atoms with Gasteiger partial charge in [0.2, 0.25) is 0 Å². The number of pyridine rings is 1. The first-order valence-corrected chi connectivity index (χ1v) is 11.0. The van der Waals surface area contributed by atoms with Gasteiger partial charge in [-0.3, -0.25) is 0 Å². The summed E-state index contributed by atoms with van der Waals surface area (Å²) in [6.45, 7) is 3.36. The fraction of sp³-hybridized carbons (Fsp3) is 0.217. The number of fused-ring (bicyclic) bond motifs is 1. The molecule has 2 N–H and O–H groups in total. The molecule has 35 heavy (non-hydrogen) atoms. The van der Waals surface area contributed by atoms with Crippen LogP contribution in [0.5, 0.6) is 0 Å². The molecule has 2 aromatic carbocycles. The molecule has 0 unspecified atom stereocenters. The molecule has 9 nitrogen and oxygen atoms in total. The molecule has 0 aliphatic carbocycles. The van der Waals surface area contributed by atoms with E-state index in [0.29, 0.717) is 11.4 Å². The molecule has 0 saturated carbocycles. The number of ether oxygens (including phenoxy) is 1. The maximum atomic E-state index is 13.6. The summed E-state index contributed by atoms with van der Waals surface area (Å²) in [5.74, 6) is -0.246. The summed E-state index contributed by atoms with van der Waals surface area (Å²) < 4.78 is 18.9. The Hall–Kier alpha value is -3.86. The van der Waals surface area contributed by atoms with Crippen LogP contribution < -0.4 is 10.6 Å². The molecule has 1 heterocycles. The summed E-state index contributed by atoms with van der Waals surface area (Å²) in [7, 11) is 2.77. The fourth-order valence-corrected chi connectivity index (χ4v) is 3.29. The third-order valence-corrected chi connectivity index (χ3v) is 5.48. The van der Waals surface area contributed by atoms with Crippen molar-refractivity contribution in [3.05, 3.63) is 71.1 Å². The van der Waals surface area contributed by atoms with Crippen molar-refractivity contribution in [2.24, 2.45) is 10.1 Å². The minimum absolute atomic E-state index is 0.00956. The fourth-order valence-electron chi connectivity index (χ4n) is 3.10. The Bertz CT molecular complexity index is 1240. The SMILES string of the molecule is C=BN=NC[C@@H](COC(=O)Nc1cc2ccccc2cn1)N(C)C(=O)NCc1cccc(F)c1Cl. The number of likely N-dealkylation sites (N-methyl/N-ethyl adjacent to an activating group) is 1. The third kappa shape index (κ3) is 7.31. The van der Waals surface area contributed by atoms with Crippen LogP contribution in [0.1, 0.15) is 5.56 Å². The number of nitrogens with one attached hydrogen (secondary N) is 2. The van der Waals surface area contributed by atoms with Gasteiger partial charge in [0, 0.05) is 0 Å². The Morgan fingerprint density at radius 1 is 1.26 bits per heavy atom. The Kier molecular flexibility index (Phi) is 9.25. The van der Waals surface area contributed by atoms with E-state index < -0.39 is 24.0 Å². The molecule has 1 atom stereocenters. The van der Waals surface area contributed by atoms with Gasteiger partial charge in [-0.05, 0) is 0 Å². The minimum atomic E-state index is -0.737. The van der Waals surface area contributed by atoms with Gasteiger partial charge in [-0.2, -0.15) is 0 Å². The maximum absolute atomic E-state index is 13.6. The zero-order chi connectivity index (χ0) is 25.2. The number of amides is 3. The zero-order valence-electron chi connectivity index (χ0n) is 18.9. The average molecular weight is 497 g/mol. The van der Waals surface area contributed by atoms with Gasteiger partial charge in [-0.1, -0.05) is 18.2 Å². The van der Waals surface area contributed by atoms with Crippen LogP contribution in [0.25, 0.3) is 10.8 Å². The Morgan fingerprint density at radius 3 is 2.80 bits per heavy atom. The summed E-state index contributed by atoms with van der Waals surface area (Å²) in [5, 5.41) is 14.6. The average Bonchev–Trinajstić information content (AvgIpc) is 2.86. The normalized spacial score (nSPS) is 11.6. The summed E-state index contributed by atoms with van der Waals surface area (Å²) in [4.78, 5) is 30.5. The number of halogens is 2. The predicted molar refractivity (Wildman–Crippen MR) is 135 cm³/mol. The second kappa shape index (κ2) is 12.6. The molecule has 0 spiro atoms. The third-order valence-electron chi connectivity index (χ3n) is 5.05. The molecule has 0 aliphatic rings. The number of carbonyl (C=O) groups is 2. The number of anilines is 1. The van der Waals surface area contributed by atoms with Crippen molar-refractivity contribution in [3.63, 3.8) is 0 Å². The van der Waals surface area contributed by atoms with Gasteiger partial charge in [-0.15, -0.1) is 0 Å². The Balaban J connectivity index is 1.59. The van der Waals surface area contributed by atoms with Gasteiger partial charge in [0.1, 0.15) is 0 Å². The van der Waals surface area contributed by atoms with E-state index in [4.69, 9.17) is 16.3 Å². The molecule has 0 bridgehead atoms. The molecule has 0 fully saturated rings. The van der Waals surface area contributed by atoms with Gasteiger partial charge in [0.05, 0.1) is 0 Å². The number of hydrogen-bond donors (Lipinski definition) is 2. The van der Waals surface area contributed by atoms with Crippen molar-refractivity contribution >= 4 is 53.8 Å². The van der Waals surface area contributed by atoms with Crippen LogP contribution in [0.4, 0.5) is 19.8 Å². The molecule has 3 rings (SSSR count). The van der Waals surface area contributed by atoms with Crippen LogP contribution in [0.15, 0.2) is 64.9 Å². The van der Waals surface area contributed by atoms with Gasteiger partial charge >= 0.3 is 189 Å². The number of carbonyl (C=O) groups excluding carboxylic acids is 2. The number of urea groups is 1. The van der Waals surface area contributed by atoms with Crippen molar-refractivity contribution in [1.82, 2.24) is 15.2 Å². The molecule has 1 aromatic heterocycles. The van der Waals surface area contributed by atoms with Crippen LogP contribution in [0, 0.1) is 5.82 Å². The predicted octanol–water partition coefficient (Wildman–Crippen LogP) is 4.29. The molecule has 180 valence electrons.